The molecule has 0 bridgehead atoms. The molecule has 128 valence electrons. The molecule has 0 atom stereocenters. The SMILES string of the molecule is Cn1ncc(NC(=O)c2cc(Br)c(Br)s2)c1C(=O)N1CCCCC1. The van der Waals surface area contributed by atoms with Gasteiger partial charge in [-0.3, -0.25) is 14.3 Å². The summed E-state index contributed by atoms with van der Waals surface area (Å²) in [6, 6.07) is 1.74. The summed E-state index contributed by atoms with van der Waals surface area (Å²) >= 11 is 8.07. The number of likely N-dealkylation sites (tertiary alicyclic amines) is 1. The zero-order valence-corrected chi connectivity index (χ0v) is 17.0. The van der Waals surface area contributed by atoms with E-state index in [1.807, 2.05) is 4.90 Å². The van der Waals surface area contributed by atoms with Crippen molar-refractivity contribution in [2.24, 2.45) is 7.05 Å². The van der Waals surface area contributed by atoms with Crippen LogP contribution in [0.5, 0.6) is 0 Å². The van der Waals surface area contributed by atoms with Crippen LogP contribution in [0.4, 0.5) is 5.69 Å². The summed E-state index contributed by atoms with van der Waals surface area (Å²) in [6.45, 7) is 1.50. The van der Waals surface area contributed by atoms with Gasteiger partial charge in [-0.05, 0) is 57.2 Å². The Kier molecular flexibility index (Phi) is 5.41. The van der Waals surface area contributed by atoms with E-state index in [0.29, 0.717) is 16.3 Å². The fraction of sp³-hybridized carbons (Fsp3) is 0.400. The van der Waals surface area contributed by atoms with E-state index in [2.05, 4.69) is 42.3 Å². The van der Waals surface area contributed by atoms with Crippen molar-refractivity contribution in [1.29, 1.82) is 0 Å². The highest BCUT2D eigenvalue weighted by Crippen LogP contribution is 2.33. The quantitative estimate of drug-likeness (QED) is 0.732. The van der Waals surface area contributed by atoms with Crippen molar-refractivity contribution in [2.45, 2.75) is 19.3 Å². The Labute approximate surface area is 160 Å². The van der Waals surface area contributed by atoms with Gasteiger partial charge in [0.05, 0.1) is 20.5 Å². The maximum Gasteiger partial charge on any atom is 0.274 e. The van der Waals surface area contributed by atoms with Crippen LogP contribution < -0.4 is 5.32 Å². The van der Waals surface area contributed by atoms with Crippen molar-refractivity contribution < 1.29 is 9.59 Å². The van der Waals surface area contributed by atoms with Crippen LogP contribution in [-0.4, -0.2) is 39.6 Å². The van der Waals surface area contributed by atoms with Gasteiger partial charge in [-0.15, -0.1) is 11.3 Å². The number of piperidine rings is 1. The molecule has 6 nitrogen and oxygen atoms in total. The van der Waals surface area contributed by atoms with Crippen LogP contribution in [0, 0.1) is 0 Å². The Morgan fingerprint density at radius 3 is 2.58 bits per heavy atom. The number of aryl methyl sites for hydroxylation is 1. The minimum absolute atomic E-state index is 0.0847. The topological polar surface area (TPSA) is 67.2 Å². The van der Waals surface area contributed by atoms with Crippen LogP contribution >= 0.6 is 43.2 Å². The number of hydrogen-bond donors (Lipinski definition) is 1. The van der Waals surface area contributed by atoms with Crippen LogP contribution in [0.15, 0.2) is 20.5 Å². The van der Waals surface area contributed by atoms with E-state index < -0.39 is 0 Å². The Morgan fingerprint density at radius 2 is 1.96 bits per heavy atom. The molecular formula is C15H16Br2N4O2S. The number of rotatable bonds is 3. The molecule has 1 aliphatic heterocycles. The lowest BCUT2D eigenvalue weighted by Crippen LogP contribution is -2.37. The van der Waals surface area contributed by atoms with Crippen molar-refractivity contribution in [1.82, 2.24) is 14.7 Å². The number of thiophene rings is 1. The van der Waals surface area contributed by atoms with Crippen molar-refractivity contribution in [3.63, 3.8) is 0 Å². The normalized spacial score (nSPS) is 14.7. The van der Waals surface area contributed by atoms with Gasteiger partial charge in [0.1, 0.15) is 5.69 Å². The summed E-state index contributed by atoms with van der Waals surface area (Å²) in [7, 11) is 1.71. The first-order valence-electron chi connectivity index (χ1n) is 7.55. The van der Waals surface area contributed by atoms with Gasteiger partial charge in [0.15, 0.2) is 0 Å². The molecule has 24 heavy (non-hydrogen) atoms. The summed E-state index contributed by atoms with van der Waals surface area (Å²) in [6.07, 6.45) is 4.71. The predicted octanol–water partition coefficient (Wildman–Crippen LogP) is 3.89. The minimum atomic E-state index is -0.257. The third-order valence-electron chi connectivity index (χ3n) is 3.90. The van der Waals surface area contributed by atoms with Gasteiger partial charge in [-0.2, -0.15) is 5.10 Å². The number of nitrogens with one attached hydrogen (secondary N) is 1. The first kappa shape index (κ1) is 17.6. The zero-order valence-electron chi connectivity index (χ0n) is 13.0. The fourth-order valence-electron chi connectivity index (χ4n) is 2.67. The molecule has 0 unspecified atom stereocenters. The van der Waals surface area contributed by atoms with Gasteiger partial charge < -0.3 is 10.2 Å². The van der Waals surface area contributed by atoms with Gasteiger partial charge in [0, 0.05) is 24.6 Å². The summed E-state index contributed by atoms with van der Waals surface area (Å²) in [5.74, 6) is -0.342. The van der Waals surface area contributed by atoms with Crippen molar-refractivity contribution in [3.05, 3.63) is 31.1 Å². The molecule has 2 aromatic heterocycles. The summed E-state index contributed by atoms with van der Waals surface area (Å²) < 4.78 is 3.20. The molecule has 1 aliphatic rings. The lowest BCUT2D eigenvalue weighted by atomic mass is 10.1. The Bertz CT molecular complexity index is 761. The van der Waals surface area contributed by atoms with E-state index in [1.165, 1.54) is 22.2 Å². The minimum Gasteiger partial charge on any atom is -0.337 e. The standard InChI is InChI=1S/C15H16Br2N4O2S/c1-20-12(15(23)21-5-3-2-4-6-21)10(8-18-20)19-14(22)11-7-9(16)13(17)24-11/h7-8H,2-6H2,1H3,(H,19,22). The molecule has 1 N–H and O–H groups in total. The first-order valence-corrected chi connectivity index (χ1v) is 9.95. The molecule has 3 heterocycles. The number of hydrogen-bond acceptors (Lipinski definition) is 4. The monoisotopic (exact) mass is 474 g/mol. The Balaban J connectivity index is 1.81. The average Bonchev–Trinajstić information content (AvgIpc) is 3.10. The van der Waals surface area contributed by atoms with Gasteiger partial charge in [0.2, 0.25) is 0 Å². The maximum absolute atomic E-state index is 12.8. The molecule has 9 heteroatoms. The lowest BCUT2D eigenvalue weighted by Gasteiger charge is -2.27. The molecule has 3 rings (SSSR count). The second kappa shape index (κ2) is 7.37. The van der Waals surface area contributed by atoms with Crippen molar-refractivity contribution in [2.75, 3.05) is 18.4 Å². The maximum atomic E-state index is 12.8. The predicted molar refractivity (Wildman–Crippen MR) is 101 cm³/mol. The van der Waals surface area contributed by atoms with Crippen LogP contribution in [0.3, 0.4) is 0 Å². The molecule has 0 saturated carbocycles. The molecule has 0 aliphatic carbocycles. The lowest BCUT2D eigenvalue weighted by molar-refractivity contribution is 0.0714. The Hall–Kier alpha value is -1.19. The zero-order chi connectivity index (χ0) is 17.3. The summed E-state index contributed by atoms with van der Waals surface area (Å²) in [4.78, 5) is 27.6. The molecule has 2 aromatic rings. The second-order valence-corrected chi connectivity index (χ2v) is 8.79. The number of carbonyl (C=O) groups excluding carboxylic acids is 2. The number of anilines is 1. The fourth-order valence-corrected chi connectivity index (χ4v) is 4.60. The van der Waals surface area contributed by atoms with E-state index in [4.69, 9.17) is 0 Å². The van der Waals surface area contributed by atoms with Gasteiger partial charge in [-0.1, -0.05) is 0 Å². The van der Waals surface area contributed by atoms with E-state index in [0.717, 1.165) is 40.6 Å². The van der Waals surface area contributed by atoms with Crippen LogP contribution in [0.1, 0.15) is 39.4 Å². The summed E-state index contributed by atoms with van der Waals surface area (Å²) in [5, 5.41) is 6.95. The third kappa shape index (κ3) is 3.57. The Morgan fingerprint density at radius 1 is 1.25 bits per heavy atom. The van der Waals surface area contributed by atoms with E-state index in [9.17, 15) is 9.59 Å². The number of halogens is 2. The molecular weight excluding hydrogens is 460 g/mol. The second-order valence-electron chi connectivity index (χ2n) is 5.57. The molecule has 2 amide bonds. The van der Waals surface area contributed by atoms with Crippen molar-refractivity contribution in [3.8, 4) is 0 Å². The highest BCUT2D eigenvalue weighted by Gasteiger charge is 2.25. The highest BCUT2D eigenvalue weighted by atomic mass is 79.9. The van der Waals surface area contributed by atoms with E-state index in [-0.39, 0.29) is 11.8 Å². The average molecular weight is 476 g/mol. The first-order chi connectivity index (χ1) is 11.5. The third-order valence-corrected chi connectivity index (χ3v) is 7.16. The van der Waals surface area contributed by atoms with Crippen LogP contribution in [0.2, 0.25) is 0 Å². The number of aromatic nitrogens is 2. The number of nitrogens with zero attached hydrogens (tertiary/aromatic N) is 3. The molecule has 1 fully saturated rings. The molecule has 0 spiro atoms. The van der Waals surface area contributed by atoms with Crippen LogP contribution in [-0.2, 0) is 7.05 Å². The number of carbonyl (C=O) groups is 2. The summed E-state index contributed by atoms with van der Waals surface area (Å²) in [5.41, 5.74) is 0.860. The van der Waals surface area contributed by atoms with Gasteiger partial charge in [0.25, 0.3) is 11.8 Å². The number of amides is 2. The van der Waals surface area contributed by atoms with E-state index >= 15 is 0 Å². The smallest absolute Gasteiger partial charge is 0.274 e. The molecule has 0 aromatic carbocycles. The van der Waals surface area contributed by atoms with Gasteiger partial charge >= 0.3 is 0 Å². The largest absolute Gasteiger partial charge is 0.337 e. The van der Waals surface area contributed by atoms with Gasteiger partial charge in [-0.25, -0.2) is 0 Å². The van der Waals surface area contributed by atoms with Crippen molar-refractivity contribution >= 4 is 60.7 Å². The van der Waals surface area contributed by atoms with E-state index in [1.54, 1.807) is 13.1 Å². The van der Waals surface area contributed by atoms with Crippen LogP contribution in [0.25, 0.3) is 0 Å². The molecule has 1 saturated heterocycles. The highest BCUT2D eigenvalue weighted by molar-refractivity contribution is 9.13. The molecule has 0 radical (unpaired) electrons.